The summed E-state index contributed by atoms with van der Waals surface area (Å²) in [5, 5.41) is 10.2. The van der Waals surface area contributed by atoms with E-state index in [1.54, 1.807) is 24.3 Å². The Hall–Kier alpha value is -3.05. The standard InChI is InChI=1S/C26H34N4O6S/c1-6-8-35-25(33)22-23(15(4)21-20(16(5)31)24(32)30(21)22)37-17-10-19(14(3)18-11-27-13-28-18)29(12-17)26(34)36-9-7-2/h6-7,11,13-17,19-21,31H,1-2,8-10,12H2,3-5H3,(H,27,28)/t14?,15-,16-,17+,19-,20-,21-/m1/s1. The number of nitrogens with zero attached hydrogens (tertiary/aromatic N) is 3. The molecule has 200 valence electrons. The first-order valence-corrected chi connectivity index (χ1v) is 13.3. The number of hydrogen-bond acceptors (Lipinski definition) is 8. The number of amides is 2. The minimum atomic E-state index is -0.827. The number of carbonyl (C=O) groups is 3. The number of β-lactam (4-membered cyclic amide) rings is 1. The van der Waals surface area contributed by atoms with Crippen LogP contribution >= 0.6 is 11.8 Å². The molecule has 11 heteroatoms. The second kappa shape index (κ2) is 11.1. The lowest BCUT2D eigenvalue weighted by Crippen LogP contribution is -2.63. The summed E-state index contributed by atoms with van der Waals surface area (Å²) in [4.78, 5) is 50.1. The molecule has 0 bridgehead atoms. The number of likely N-dealkylation sites (tertiary alicyclic amines) is 1. The van der Waals surface area contributed by atoms with Crippen LogP contribution in [0.4, 0.5) is 4.79 Å². The largest absolute Gasteiger partial charge is 0.457 e. The summed E-state index contributed by atoms with van der Waals surface area (Å²) in [7, 11) is 0. The molecule has 1 aromatic rings. The Morgan fingerprint density at radius 2 is 2.00 bits per heavy atom. The van der Waals surface area contributed by atoms with Crippen LogP contribution in [0.1, 0.15) is 38.8 Å². The molecule has 37 heavy (non-hydrogen) atoms. The third-order valence-corrected chi connectivity index (χ3v) is 8.87. The van der Waals surface area contributed by atoms with Crippen LogP contribution in [-0.2, 0) is 19.1 Å². The molecule has 1 unspecified atom stereocenters. The van der Waals surface area contributed by atoms with Crippen molar-refractivity contribution >= 4 is 29.7 Å². The average molecular weight is 531 g/mol. The van der Waals surface area contributed by atoms with Crippen LogP contribution < -0.4 is 0 Å². The van der Waals surface area contributed by atoms with Crippen molar-refractivity contribution in [2.24, 2.45) is 11.8 Å². The van der Waals surface area contributed by atoms with Gasteiger partial charge in [0.2, 0.25) is 5.91 Å². The molecule has 0 radical (unpaired) electrons. The van der Waals surface area contributed by atoms with Crippen LogP contribution in [0.3, 0.4) is 0 Å². The van der Waals surface area contributed by atoms with Gasteiger partial charge in [0.1, 0.15) is 18.9 Å². The van der Waals surface area contributed by atoms with Gasteiger partial charge < -0.3 is 29.4 Å². The molecule has 7 atom stereocenters. The van der Waals surface area contributed by atoms with Gasteiger partial charge in [-0.3, -0.25) is 4.79 Å². The summed E-state index contributed by atoms with van der Waals surface area (Å²) in [6.07, 6.45) is 5.76. The highest BCUT2D eigenvalue weighted by Crippen LogP contribution is 2.53. The summed E-state index contributed by atoms with van der Waals surface area (Å²) < 4.78 is 10.7. The molecule has 2 N–H and O–H groups in total. The predicted molar refractivity (Wildman–Crippen MR) is 138 cm³/mol. The maximum Gasteiger partial charge on any atom is 0.410 e. The monoisotopic (exact) mass is 530 g/mol. The fourth-order valence-electron chi connectivity index (χ4n) is 5.58. The zero-order chi connectivity index (χ0) is 26.9. The minimum absolute atomic E-state index is 0.0251. The average Bonchev–Trinajstić information content (AvgIpc) is 3.59. The molecule has 2 amide bonds. The lowest BCUT2D eigenvalue weighted by Gasteiger charge is -2.46. The lowest BCUT2D eigenvalue weighted by atomic mass is 9.79. The summed E-state index contributed by atoms with van der Waals surface area (Å²) in [5.74, 6) is -1.63. The molecule has 3 aliphatic rings. The molecule has 1 aromatic heterocycles. The molecule has 0 saturated carbocycles. The van der Waals surface area contributed by atoms with Crippen LogP contribution in [0.5, 0.6) is 0 Å². The van der Waals surface area contributed by atoms with Gasteiger partial charge in [-0.05, 0) is 13.3 Å². The fourth-order valence-corrected chi connectivity index (χ4v) is 7.12. The molecular weight excluding hydrogens is 496 g/mol. The highest BCUT2D eigenvalue weighted by molar-refractivity contribution is 8.03. The van der Waals surface area contributed by atoms with E-state index in [4.69, 9.17) is 9.47 Å². The molecule has 3 aliphatic heterocycles. The Labute approximate surface area is 220 Å². The highest BCUT2D eigenvalue weighted by Gasteiger charge is 2.60. The van der Waals surface area contributed by atoms with Crippen molar-refractivity contribution in [2.45, 2.75) is 56.5 Å². The number of aromatic nitrogens is 2. The van der Waals surface area contributed by atoms with Gasteiger partial charge in [0, 0.05) is 46.5 Å². The van der Waals surface area contributed by atoms with Crippen molar-refractivity contribution in [1.82, 2.24) is 19.8 Å². The summed E-state index contributed by atoms with van der Waals surface area (Å²) >= 11 is 1.50. The molecule has 0 aliphatic carbocycles. The van der Waals surface area contributed by atoms with Crippen LogP contribution in [0, 0.1) is 11.8 Å². The van der Waals surface area contributed by atoms with Crippen molar-refractivity contribution in [3.8, 4) is 0 Å². The molecule has 4 heterocycles. The molecule has 0 spiro atoms. The van der Waals surface area contributed by atoms with Gasteiger partial charge in [0.15, 0.2) is 0 Å². The van der Waals surface area contributed by atoms with E-state index in [0.717, 1.165) is 10.6 Å². The predicted octanol–water partition coefficient (Wildman–Crippen LogP) is 2.81. The quantitative estimate of drug-likeness (QED) is 0.269. The third-order valence-electron chi connectivity index (χ3n) is 7.38. The number of hydrogen-bond donors (Lipinski definition) is 2. The number of nitrogens with one attached hydrogen (secondary N) is 1. The number of H-pyrrole nitrogens is 1. The maximum absolute atomic E-state index is 13.1. The molecule has 0 aromatic carbocycles. The van der Waals surface area contributed by atoms with Gasteiger partial charge in [-0.1, -0.05) is 39.2 Å². The number of carbonyl (C=O) groups excluding carboxylic acids is 3. The van der Waals surface area contributed by atoms with E-state index >= 15 is 0 Å². The Bertz CT molecular complexity index is 1090. The summed E-state index contributed by atoms with van der Waals surface area (Å²) in [6.45, 7) is 13.3. The highest BCUT2D eigenvalue weighted by atomic mass is 32.2. The van der Waals surface area contributed by atoms with Gasteiger partial charge in [-0.15, -0.1) is 11.8 Å². The Kier molecular flexibility index (Phi) is 8.13. The van der Waals surface area contributed by atoms with Crippen molar-refractivity contribution in [1.29, 1.82) is 0 Å². The van der Waals surface area contributed by atoms with E-state index in [2.05, 4.69) is 23.1 Å². The summed E-state index contributed by atoms with van der Waals surface area (Å²) in [6, 6.07) is -0.469. The van der Waals surface area contributed by atoms with E-state index in [-0.39, 0.29) is 54.0 Å². The number of aliphatic hydroxyl groups excluding tert-OH is 1. The zero-order valence-corrected chi connectivity index (χ0v) is 22.1. The third kappa shape index (κ3) is 4.94. The van der Waals surface area contributed by atoms with Crippen molar-refractivity contribution < 1.29 is 29.0 Å². The minimum Gasteiger partial charge on any atom is -0.457 e. The number of aliphatic hydroxyl groups is 1. The van der Waals surface area contributed by atoms with E-state index < -0.39 is 24.1 Å². The second-order valence-electron chi connectivity index (χ2n) is 9.71. The van der Waals surface area contributed by atoms with E-state index in [1.165, 1.54) is 28.8 Å². The van der Waals surface area contributed by atoms with Crippen molar-refractivity contribution in [2.75, 3.05) is 19.8 Å². The normalized spacial score (nSPS) is 28.4. The first kappa shape index (κ1) is 27.0. The zero-order valence-electron chi connectivity index (χ0n) is 21.3. The first-order valence-electron chi connectivity index (χ1n) is 12.4. The Balaban J connectivity index is 1.61. The number of esters is 1. The number of ether oxygens (including phenoxy) is 2. The van der Waals surface area contributed by atoms with Crippen molar-refractivity contribution in [3.63, 3.8) is 0 Å². The Morgan fingerprint density at radius 1 is 1.30 bits per heavy atom. The SMILES string of the molecule is C=CCOC(=O)C1=C(S[C@H]2C[C@H](C(C)c3cnc[nH]3)N(C(=O)OCC=C)C2)[C@H](C)[C@@H]2[C@@H]([C@@H](C)O)C(=O)N12. The van der Waals surface area contributed by atoms with Crippen LogP contribution in [-0.4, -0.2) is 86.0 Å². The van der Waals surface area contributed by atoms with E-state index in [9.17, 15) is 19.5 Å². The summed E-state index contributed by atoms with van der Waals surface area (Å²) in [5.41, 5.74) is 1.14. The van der Waals surface area contributed by atoms with Gasteiger partial charge in [0.05, 0.1) is 24.4 Å². The molecule has 4 rings (SSSR count). The van der Waals surface area contributed by atoms with Crippen LogP contribution in [0.25, 0.3) is 0 Å². The van der Waals surface area contributed by atoms with Gasteiger partial charge >= 0.3 is 12.1 Å². The maximum atomic E-state index is 13.1. The topological polar surface area (TPSA) is 125 Å². The Morgan fingerprint density at radius 3 is 2.62 bits per heavy atom. The van der Waals surface area contributed by atoms with Gasteiger partial charge in [0.25, 0.3) is 0 Å². The molecule has 2 fully saturated rings. The number of aromatic amines is 1. The number of imidazole rings is 1. The smallest absolute Gasteiger partial charge is 0.410 e. The number of fused-ring (bicyclic) bond motifs is 1. The van der Waals surface area contributed by atoms with Gasteiger partial charge in [-0.25, -0.2) is 14.6 Å². The van der Waals surface area contributed by atoms with Crippen molar-refractivity contribution in [3.05, 3.63) is 54.1 Å². The molecule has 10 nitrogen and oxygen atoms in total. The second-order valence-corrected chi connectivity index (χ2v) is 11.1. The van der Waals surface area contributed by atoms with E-state index in [0.29, 0.717) is 13.0 Å². The fraction of sp³-hybridized carbons (Fsp3) is 0.538. The lowest BCUT2D eigenvalue weighted by molar-refractivity contribution is -0.164. The van der Waals surface area contributed by atoms with E-state index in [1.807, 2.05) is 13.8 Å². The van der Waals surface area contributed by atoms with Crippen LogP contribution in [0.2, 0.25) is 0 Å². The molecule has 2 saturated heterocycles. The van der Waals surface area contributed by atoms with Crippen LogP contribution in [0.15, 0.2) is 48.4 Å². The first-order chi connectivity index (χ1) is 17.7. The number of rotatable bonds is 10. The molecular formula is C26H34N4O6S. The number of thioether (sulfide) groups is 1. The van der Waals surface area contributed by atoms with Gasteiger partial charge in [-0.2, -0.15) is 0 Å².